The minimum Gasteiger partial charge on any atom is -0.494 e. The fourth-order valence-corrected chi connectivity index (χ4v) is 6.94. The highest BCUT2D eigenvalue weighted by Gasteiger charge is 2.78. The van der Waals surface area contributed by atoms with E-state index in [1.807, 2.05) is 58.0 Å². The van der Waals surface area contributed by atoms with Crippen molar-refractivity contribution in [3.05, 3.63) is 60.2 Å². The Hall–Kier alpha value is -3.43. The molecule has 9 nitrogen and oxygen atoms in total. The summed E-state index contributed by atoms with van der Waals surface area (Å²) in [7, 11) is 0. The molecular weight excluding hydrogens is 510 g/mol. The van der Waals surface area contributed by atoms with Gasteiger partial charge in [0, 0.05) is 12.2 Å². The van der Waals surface area contributed by atoms with Crippen LogP contribution in [0.25, 0.3) is 0 Å². The van der Waals surface area contributed by atoms with Crippen molar-refractivity contribution in [3.8, 4) is 5.75 Å². The monoisotopic (exact) mass is 549 g/mol. The Morgan fingerprint density at radius 2 is 1.80 bits per heavy atom. The molecule has 0 aromatic heterocycles. The van der Waals surface area contributed by atoms with Crippen molar-refractivity contribution in [3.63, 3.8) is 0 Å². The largest absolute Gasteiger partial charge is 0.494 e. The van der Waals surface area contributed by atoms with Gasteiger partial charge in [-0.1, -0.05) is 44.2 Å². The minimum absolute atomic E-state index is 0.113. The van der Waals surface area contributed by atoms with E-state index in [2.05, 4.69) is 10.6 Å². The molecule has 0 aliphatic carbocycles. The van der Waals surface area contributed by atoms with Gasteiger partial charge in [-0.25, -0.2) is 0 Å². The maximum absolute atomic E-state index is 14.2. The van der Waals surface area contributed by atoms with Crippen molar-refractivity contribution in [1.82, 2.24) is 10.2 Å². The maximum Gasteiger partial charge on any atom is 0.246 e. The molecule has 2 unspecified atom stereocenters. The maximum atomic E-state index is 14.2. The topological polar surface area (TPSA) is 117 Å². The highest BCUT2D eigenvalue weighted by Crippen LogP contribution is 2.63. The molecule has 5 rings (SSSR count). The Kier molecular flexibility index (Phi) is 7.63. The molecule has 214 valence electrons. The average Bonchev–Trinajstić information content (AvgIpc) is 3.50. The summed E-state index contributed by atoms with van der Waals surface area (Å²) < 4.78 is 12.2. The Morgan fingerprint density at radius 3 is 2.42 bits per heavy atom. The quantitative estimate of drug-likeness (QED) is 0.419. The lowest BCUT2D eigenvalue weighted by Crippen LogP contribution is -2.58. The Balaban J connectivity index is 1.47. The second kappa shape index (κ2) is 10.9. The van der Waals surface area contributed by atoms with Gasteiger partial charge in [-0.15, -0.1) is 0 Å². The lowest BCUT2D eigenvalue weighted by molar-refractivity contribution is -0.150. The number of fused-ring (bicyclic) bond motifs is 1. The first kappa shape index (κ1) is 28.1. The van der Waals surface area contributed by atoms with Gasteiger partial charge in [0.1, 0.15) is 17.4 Å². The lowest BCUT2D eigenvalue weighted by Gasteiger charge is -2.38. The highest BCUT2D eigenvalue weighted by atomic mass is 16.5. The van der Waals surface area contributed by atoms with Crippen molar-refractivity contribution < 1.29 is 29.0 Å². The smallest absolute Gasteiger partial charge is 0.246 e. The molecule has 3 aliphatic heterocycles. The summed E-state index contributed by atoms with van der Waals surface area (Å²) in [6.45, 7) is 8.13. The van der Waals surface area contributed by atoms with Crippen LogP contribution >= 0.6 is 0 Å². The molecule has 0 saturated carbocycles. The van der Waals surface area contributed by atoms with E-state index in [1.54, 1.807) is 24.3 Å². The van der Waals surface area contributed by atoms with Crippen molar-refractivity contribution in [2.24, 2.45) is 17.8 Å². The minimum atomic E-state index is -1.16. The number of nitrogens with one attached hydrogen (secondary N) is 2. The van der Waals surface area contributed by atoms with E-state index in [-0.39, 0.29) is 30.2 Å². The Labute approximate surface area is 235 Å². The SMILES string of the molecule is CCOc1ccc(NC(=O)[C@@H]2[C@H]3C(=O)N([C@@H](CO)C(C)C)C(C(=O)NCc4ccccc4)C34CC[C@@]2(C)O4)cc1. The first-order valence-electron chi connectivity index (χ1n) is 14.1. The number of nitrogens with zero attached hydrogens (tertiary/aromatic N) is 1. The van der Waals surface area contributed by atoms with Crippen LogP contribution < -0.4 is 15.4 Å². The summed E-state index contributed by atoms with van der Waals surface area (Å²) in [5, 5.41) is 16.3. The number of amides is 3. The summed E-state index contributed by atoms with van der Waals surface area (Å²) in [6.07, 6.45) is 1.02. The number of carbonyl (C=O) groups excluding carboxylic acids is 3. The van der Waals surface area contributed by atoms with Crippen LogP contribution in [0.15, 0.2) is 54.6 Å². The van der Waals surface area contributed by atoms with Gasteiger partial charge in [0.15, 0.2) is 0 Å². The molecule has 2 aromatic carbocycles. The molecule has 9 heteroatoms. The van der Waals surface area contributed by atoms with Gasteiger partial charge in [0.05, 0.1) is 36.7 Å². The van der Waals surface area contributed by atoms with Crippen molar-refractivity contribution >= 4 is 23.4 Å². The number of anilines is 1. The number of aliphatic hydroxyl groups is 1. The van der Waals surface area contributed by atoms with Crippen LogP contribution in [0.3, 0.4) is 0 Å². The predicted octanol–water partition coefficient (Wildman–Crippen LogP) is 3.12. The standard InChI is InChI=1S/C31H39N3O6/c1-5-39-22-13-11-21(12-14-22)33-27(36)24-25-29(38)34(23(18-35)19(2)3)26(31(25)16-15-30(24,4)40-31)28(37)32-17-20-9-7-6-8-10-20/h6-14,19,23-26,35H,5,15-18H2,1-4H3,(H,32,37)(H,33,36)/t23-,24-,25-,26?,30+,31?/m0/s1. The Bertz CT molecular complexity index is 1250. The number of hydrogen-bond acceptors (Lipinski definition) is 6. The summed E-state index contributed by atoms with van der Waals surface area (Å²) in [5.41, 5.74) is -0.537. The average molecular weight is 550 g/mol. The zero-order chi connectivity index (χ0) is 28.7. The fourth-order valence-electron chi connectivity index (χ4n) is 6.94. The van der Waals surface area contributed by atoms with Crippen LogP contribution in [-0.2, 0) is 25.7 Å². The second-order valence-corrected chi connectivity index (χ2v) is 11.6. The number of carbonyl (C=O) groups is 3. The van der Waals surface area contributed by atoms with E-state index in [1.165, 1.54) is 4.90 Å². The number of hydrogen-bond donors (Lipinski definition) is 3. The molecular formula is C31H39N3O6. The molecule has 40 heavy (non-hydrogen) atoms. The zero-order valence-corrected chi connectivity index (χ0v) is 23.6. The predicted molar refractivity (Wildman–Crippen MR) is 149 cm³/mol. The van der Waals surface area contributed by atoms with Gasteiger partial charge in [-0.3, -0.25) is 14.4 Å². The molecule has 3 aliphatic rings. The van der Waals surface area contributed by atoms with Crippen LogP contribution in [0, 0.1) is 17.8 Å². The third-order valence-corrected chi connectivity index (χ3v) is 8.80. The van der Waals surface area contributed by atoms with Crippen molar-refractivity contribution in [2.45, 2.75) is 70.4 Å². The fraction of sp³-hybridized carbons (Fsp3) is 0.516. The summed E-state index contributed by atoms with van der Waals surface area (Å²) in [6, 6.07) is 15.1. The van der Waals surface area contributed by atoms with E-state index in [4.69, 9.17) is 9.47 Å². The second-order valence-electron chi connectivity index (χ2n) is 11.6. The van der Waals surface area contributed by atoms with Gasteiger partial charge in [-0.2, -0.15) is 0 Å². The summed E-state index contributed by atoms with van der Waals surface area (Å²) in [5.74, 6) is -2.02. The first-order chi connectivity index (χ1) is 19.1. The molecule has 3 fully saturated rings. The molecule has 2 aromatic rings. The van der Waals surface area contributed by atoms with Crippen molar-refractivity contribution in [2.75, 3.05) is 18.5 Å². The highest BCUT2D eigenvalue weighted by molar-refractivity contribution is 6.02. The molecule has 6 atom stereocenters. The van der Waals surface area contributed by atoms with Crippen LogP contribution in [0.5, 0.6) is 5.75 Å². The molecule has 2 bridgehead atoms. The number of aliphatic hydroxyl groups excluding tert-OH is 1. The van der Waals surface area contributed by atoms with Crippen LogP contribution in [0.4, 0.5) is 5.69 Å². The van der Waals surface area contributed by atoms with Gasteiger partial charge in [0.2, 0.25) is 17.7 Å². The van der Waals surface area contributed by atoms with Crippen molar-refractivity contribution in [1.29, 1.82) is 0 Å². The zero-order valence-electron chi connectivity index (χ0n) is 23.6. The van der Waals surface area contributed by atoms with Gasteiger partial charge in [0.25, 0.3) is 0 Å². The number of likely N-dealkylation sites (tertiary alicyclic amines) is 1. The van der Waals surface area contributed by atoms with E-state index in [0.29, 0.717) is 37.4 Å². The van der Waals surface area contributed by atoms with Crippen LogP contribution in [0.1, 0.15) is 46.1 Å². The lowest BCUT2D eigenvalue weighted by atomic mass is 9.66. The van der Waals surface area contributed by atoms with Gasteiger partial charge < -0.3 is 30.1 Å². The molecule has 0 radical (unpaired) electrons. The molecule has 3 N–H and O–H groups in total. The number of rotatable bonds is 10. The molecule has 1 spiro atoms. The number of ether oxygens (including phenoxy) is 2. The summed E-state index contributed by atoms with van der Waals surface area (Å²) in [4.78, 5) is 43.5. The summed E-state index contributed by atoms with van der Waals surface area (Å²) >= 11 is 0. The molecule has 3 saturated heterocycles. The Morgan fingerprint density at radius 1 is 1.10 bits per heavy atom. The van der Waals surface area contributed by atoms with E-state index >= 15 is 0 Å². The number of benzene rings is 2. The van der Waals surface area contributed by atoms with E-state index in [9.17, 15) is 19.5 Å². The van der Waals surface area contributed by atoms with Crippen LogP contribution in [-0.4, -0.2) is 64.2 Å². The van der Waals surface area contributed by atoms with Crippen LogP contribution in [0.2, 0.25) is 0 Å². The van der Waals surface area contributed by atoms with Gasteiger partial charge in [-0.05, 0) is 62.4 Å². The van der Waals surface area contributed by atoms with E-state index < -0.39 is 35.1 Å². The molecule has 3 amide bonds. The third-order valence-electron chi connectivity index (χ3n) is 8.80. The normalized spacial score (nSPS) is 29.4. The third kappa shape index (κ3) is 4.65. The molecule has 3 heterocycles. The van der Waals surface area contributed by atoms with E-state index in [0.717, 1.165) is 5.56 Å². The first-order valence-corrected chi connectivity index (χ1v) is 14.1. The van der Waals surface area contributed by atoms with Gasteiger partial charge >= 0.3 is 0 Å².